The number of hydrogen-bond donors (Lipinski definition) is 1. The van der Waals surface area contributed by atoms with Gasteiger partial charge in [0.1, 0.15) is 0 Å². The third-order valence-corrected chi connectivity index (χ3v) is 6.04. The smallest absolute Gasteiger partial charge is 0.340 e. The Morgan fingerprint density at radius 3 is 2.73 bits per heavy atom. The standard InChI is InChI=1S/C24H25BrN4O4/c1-2-32-24(31)19-8-3-4-9-20(19)26-23(30)16-10-12-29(13-11-16)15-21-27-22(28-33-21)17-6-5-7-18(25)14-17/h3-9,14,16H,2,10-13,15H2,1H3,(H,26,30). The Morgan fingerprint density at radius 1 is 1.18 bits per heavy atom. The van der Waals surface area contributed by atoms with Gasteiger partial charge in [-0.15, -0.1) is 0 Å². The topological polar surface area (TPSA) is 97.6 Å². The van der Waals surface area contributed by atoms with E-state index in [-0.39, 0.29) is 18.4 Å². The summed E-state index contributed by atoms with van der Waals surface area (Å²) in [5.74, 6) is 0.458. The van der Waals surface area contributed by atoms with Crippen molar-refractivity contribution in [3.63, 3.8) is 0 Å². The van der Waals surface area contributed by atoms with Crippen molar-refractivity contribution in [1.82, 2.24) is 15.0 Å². The summed E-state index contributed by atoms with van der Waals surface area (Å²) < 4.78 is 11.5. The highest BCUT2D eigenvalue weighted by Gasteiger charge is 2.27. The van der Waals surface area contributed by atoms with Gasteiger partial charge < -0.3 is 14.6 Å². The fourth-order valence-electron chi connectivity index (χ4n) is 3.82. The molecule has 0 aliphatic carbocycles. The number of aromatic nitrogens is 2. The van der Waals surface area contributed by atoms with Crippen LogP contribution in [0.4, 0.5) is 5.69 Å². The molecule has 2 aromatic carbocycles. The van der Waals surface area contributed by atoms with E-state index in [4.69, 9.17) is 9.26 Å². The second kappa shape index (κ2) is 10.7. The van der Waals surface area contributed by atoms with Crippen molar-refractivity contribution >= 4 is 33.5 Å². The van der Waals surface area contributed by atoms with Crippen LogP contribution in [0.1, 0.15) is 36.0 Å². The first-order valence-corrected chi connectivity index (χ1v) is 11.7. The van der Waals surface area contributed by atoms with Gasteiger partial charge in [-0.05, 0) is 57.1 Å². The van der Waals surface area contributed by atoms with Gasteiger partial charge in [0, 0.05) is 16.0 Å². The minimum Gasteiger partial charge on any atom is -0.462 e. The molecule has 4 rings (SSSR count). The average Bonchev–Trinajstić information content (AvgIpc) is 3.28. The number of halogens is 1. The summed E-state index contributed by atoms with van der Waals surface area (Å²) in [6.45, 7) is 4.06. The molecule has 2 heterocycles. The summed E-state index contributed by atoms with van der Waals surface area (Å²) >= 11 is 3.45. The van der Waals surface area contributed by atoms with Crippen molar-refractivity contribution in [1.29, 1.82) is 0 Å². The zero-order valence-electron chi connectivity index (χ0n) is 18.3. The van der Waals surface area contributed by atoms with Gasteiger partial charge in [0.15, 0.2) is 0 Å². The maximum atomic E-state index is 12.8. The molecule has 1 aliphatic rings. The molecule has 1 fully saturated rings. The molecular weight excluding hydrogens is 488 g/mol. The summed E-state index contributed by atoms with van der Waals surface area (Å²) in [5.41, 5.74) is 1.73. The SMILES string of the molecule is CCOC(=O)c1ccccc1NC(=O)C1CCN(Cc2nc(-c3cccc(Br)c3)no2)CC1. The number of nitrogens with zero attached hydrogens (tertiary/aromatic N) is 3. The van der Waals surface area contributed by atoms with Crippen molar-refractivity contribution in [3.05, 3.63) is 64.5 Å². The van der Waals surface area contributed by atoms with Crippen LogP contribution in [0.2, 0.25) is 0 Å². The van der Waals surface area contributed by atoms with Gasteiger partial charge in [-0.25, -0.2) is 4.79 Å². The van der Waals surface area contributed by atoms with E-state index in [1.54, 1.807) is 31.2 Å². The number of hydrogen-bond acceptors (Lipinski definition) is 7. The fourth-order valence-corrected chi connectivity index (χ4v) is 4.22. The lowest BCUT2D eigenvalue weighted by Crippen LogP contribution is -2.38. The van der Waals surface area contributed by atoms with Gasteiger partial charge in [0.05, 0.1) is 24.4 Å². The lowest BCUT2D eigenvalue weighted by Gasteiger charge is -2.30. The Morgan fingerprint density at radius 2 is 1.97 bits per heavy atom. The predicted octanol–water partition coefficient (Wildman–Crippen LogP) is 4.53. The van der Waals surface area contributed by atoms with Crippen LogP contribution in [0.5, 0.6) is 0 Å². The number of esters is 1. The minimum atomic E-state index is -0.440. The number of amides is 1. The minimum absolute atomic E-state index is 0.0823. The van der Waals surface area contributed by atoms with Crippen LogP contribution in [0.15, 0.2) is 57.5 Å². The molecule has 33 heavy (non-hydrogen) atoms. The number of likely N-dealkylation sites (tertiary alicyclic amines) is 1. The Kier molecular flexibility index (Phi) is 7.51. The Bertz CT molecular complexity index is 1120. The Balaban J connectivity index is 1.31. The number of carbonyl (C=O) groups is 2. The second-order valence-electron chi connectivity index (χ2n) is 7.83. The molecule has 1 N–H and O–H groups in total. The summed E-state index contributed by atoms with van der Waals surface area (Å²) in [6, 6.07) is 14.7. The molecule has 1 amide bonds. The van der Waals surface area contributed by atoms with Gasteiger partial charge in [-0.3, -0.25) is 9.69 Å². The summed E-state index contributed by atoms with van der Waals surface area (Å²) in [5, 5.41) is 6.99. The van der Waals surface area contributed by atoms with Crippen LogP contribution >= 0.6 is 15.9 Å². The average molecular weight is 513 g/mol. The van der Waals surface area contributed by atoms with Gasteiger partial charge in [0.2, 0.25) is 17.6 Å². The van der Waals surface area contributed by atoms with Crippen molar-refractivity contribution in [3.8, 4) is 11.4 Å². The number of carbonyl (C=O) groups excluding carboxylic acids is 2. The van der Waals surface area contributed by atoms with Gasteiger partial charge in [-0.1, -0.05) is 45.4 Å². The maximum Gasteiger partial charge on any atom is 0.340 e. The lowest BCUT2D eigenvalue weighted by atomic mass is 9.95. The van der Waals surface area contributed by atoms with Crippen molar-refractivity contribution in [2.45, 2.75) is 26.3 Å². The lowest BCUT2D eigenvalue weighted by molar-refractivity contribution is -0.121. The number of benzene rings is 2. The van der Waals surface area contributed by atoms with E-state index in [0.29, 0.717) is 42.4 Å². The van der Waals surface area contributed by atoms with E-state index in [1.165, 1.54) is 0 Å². The molecule has 1 aliphatic heterocycles. The molecule has 0 radical (unpaired) electrons. The van der Waals surface area contributed by atoms with Gasteiger partial charge in [0.25, 0.3) is 0 Å². The van der Waals surface area contributed by atoms with Crippen LogP contribution in [0.25, 0.3) is 11.4 Å². The van der Waals surface area contributed by atoms with E-state index in [1.807, 2.05) is 24.3 Å². The van der Waals surface area contributed by atoms with Crippen LogP contribution in [0.3, 0.4) is 0 Å². The first-order valence-electron chi connectivity index (χ1n) is 10.9. The normalized spacial score (nSPS) is 14.7. The number of anilines is 1. The predicted molar refractivity (Wildman–Crippen MR) is 126 cm³/mol. The first-order chi connectivity index (χ1) is 16.0. The second-order valence-corrected chi connectivity index (χ2v) is 8.74. The molecule has 9 heteroatoms. The molecule has 8 nitrogen and oxygen atoms in total. The van der Waals surface area contributed by atoms with Gasteiger partial charge >= 0.3 is 5.97 Å². The van der Waals surface area contributed by atoms with E-state index in [0.717, 1.165) is 23.1 Å². The van der Waals surface area contributed by atoms with Crippen LogP contribution in [-0.4, -0.2) is 46.6 Å². The van der Waals surface area contributed by atoms with Crippen LogP contribution in [0, 0.1) is 5.92 Å². The molecule has 1 saturated heterocycles. The maximum absolute atomic E-state index is 12.8. The molecule has 0 spiro atoms. The zero-order valence-corrected chi connectivity index (χ0v) is 19.9. The number of piperidine rings is 1. The number of para-hydroxylation sites is 1. The third kappa shape index (κ3) is 5.85. The number of rotatable bonds is 7. The molecule has 1 aromatic heterocycles. The van der Waals surface area contributed by atoms with Crippen molar-refractivity contribution in [2.24, 2.45) is 5.92 Å². The monoisotopic (exact) mass is 512 g/mol. The number of ether oxygens (including phenoxy) is 1. The largest absolute Gasteiger partial charge is 0.462 e. The van der Waals surface area contributed by atoms with Crippen molar-refractivity contribution < 1.29 is 18.8 Å². The highest BCUT2D eigenvalue weighted by Crippen LogP contribution is 2.24. The molecule has 172 valence electrons. The van der Waals surface area contributed by atoms with E-state index in [9.17, 15) is 9.59 Å². The van der Waals surface area contributed by atoms with Crippen LogP contribution < -0.4 is 5.32 Å². The Hall–Kier alpha value is -3.04. The molecule has 0 atom stereocenters. The highest BCUT2D eigenvalue weighted by atomic mass is 79.9. The summed E-state index contributed by atoms with van der Waals surface area (Å²) in [6.07, 6.45) is 1.42. The van der Waals surface area contributed by atoms with E-state index < -0.39 is 5.97 Å². The molecule has 0 bridgehead atoms. The summed E-state index contributed by atoms with van der Waals surface area (Å²) in [4.78, 5) is 31.7. The van der Waals surface area contributed by atoms with E-state index >= 15 is 0 Å². The third-order valence-electron chi connectivity index (χ3n) is 5.55. The van der Waals surface area contributed by atoms with Gasteiger partial charge in [-0.2, -0.15) is 4.98 Å². The van der Waals surface area contributed by atoms with Crippen LogP contribution in [-0.2, 0) is 16.1 Å². The molecule has 3 aromatic rings. The Labute approximate surface area is 200 Å². The summed E-state index contributed by atoms with van der Waals surface area (Å²) in [7, 11) is 0. The number of nitrogens with one attached hydrogen (secondary N) is 1. The molecule has 0 saturated carbocycles. The molecule has 0 unspecified atom stereocenters. The zero-order chi connectivity index (χ0) is 23.2. The quantitative estimate of drug-likeness (QED) is 0.464. The molecular formula is C24H25BrN4O4. The van der Waals surface area contributed by atoms with Crippen molar-refractivity contribution in [2.75, 3.05) is 25.0 Å². The fraction of sp³-hybridized carbons (Fsp3) is 0.333. The van der Waals surface area contributed by atoms with E-state index in [2.05, 4.69) is 36.3 Å². The first kappa shape index (κ1) is 23.1. The highest BCUT2D eigenvalue weighted by molar-refractivity contribution is 9.10.